The van der Waals surface area contributed by atoms with Gasteiger partial charge in [0, 0.05) is 0 Å². The van der Waals surface area contributed by atoms with E-state index in [4.69, 9.17) is 4.55 Å². The Bertz CT molecular complexity index is 793. The van der Waals surface area contributed by atoms with Crippen LogP contribution in [0, 0.1) is 0 Å². The molecule has 0 aromatic heterocycles. The monoisotopic (exact) mass is 372 g/mol. The van der Waals surface area contributed by atoms with Crippen LogP contribution >= 0.6 is 0 Å². The lowest BCUT2D eigenvalue weighted by Crippen LogP contribution is -1.99. The molecule has 2 aromatic carbocycles. The highest BCUT2D eigenvalue weighted by Crippen LogP contribution is 2.25. The summed E-state index contributed by atoms with van der Waals surface area (Å²) in [7, 11) is -4.11. The molecule has 1 N–H and O–H groups in total. The first kappa shape index (κ1) is 20.4. The van der Waals surface area contributed by atoms with Crippen LogP contribution in [-0.2, 0) is 10.1 Å². The molecule has 0 aliphatic rings. The van der Waals surface area contributed by atoms with E-state index in [0.29, 0.717) is 11.8 Å². The first-order valence-electron chi connectivity index (χ1n) is 9.19. The normalized spacial score (nSPS) is 14.4. The maximum Gasteiger partial charge on any atom is 0.294 e. The second kappa shape index (κ2) is 9.70. The molecule has 0 heterocycles. The fourth-order valence-electron chi connectivity index (χ4n) is 3.12. The minimum Gasteiger partial charge on any atom is -0.282 e. The van der Waals surface area contributed by atoms with Crippen molar-refractivity contribution in [2.45, 2.75) is 56.3 Å². The van der Waals surface area contributed by atoms with Gasteiger partial charge in [0.1, 0.15) is 0 Å². The Morgan fingerprint density at radius 3 is 2.19 bits per heavy atom. The second-order valence-corrected chi connectivity index (χ2v) is 8.17. The second-order valence-electron chi connectivity index (χ2n) is 6.75. The molecule has 3 nitrogen and oxygen atoms in total. The zero-order valence-electron chi connectivity index (χ0n) is 15.5. The molecule has 0 amide bonds. The highest BCUT2D eigenvalue weighted by molar-refractivity contribution is 7.85. The van der Waals surface area contributed by atoms with Gasteiger partial charge in [-0.15, -0.1) is 0 Å². The van der Waals surface area contributed by atoms with Gasteiger partial charge < -0.3 is 0 Å². The predicted octanol–water partition coefficient (Wildman–Crippen LogP) is 5.96. The van der Waals surface area contributed by atoms with E-state index >= 15 is 0 Å². The molecule has 2 atom stereocenters. The maximum absolute atomic E-state index is 11.1. The molecule has 0 spiro atoms. The van der Waals surface area contributed by atoms with E-state index in [1.807, 2.05) is 0 Å². The molecule has 0 radical (unpaired) electrons. The Morgan fingerprint density at radius 2 is 1.62 bits per heavy atom. The van der Waals surface area contributed by atoms with Gasteiger partial charge in [-0.3, -0.25) is 4.55 Å². The van der Waals surface area contributed by atoms with Crippen molar-refractivity contribution in [2.24, 2.45) is 0 Å². The summed E-state index contributed by atoms with van der Waals surface area (Å²) >= 11 is 0. The van der Waals surface area contributed by atoms with Gasteiger partial charge in [0.15, 0.2) is 0 Å². The zero-order valence-corrected chi connectivity index (χ0v) is 16.3. The highest BCUT2D eigenvalue weighted by Gasteiger charge is 2.11. The molecule has 0 aliphatic carbocycles. The van der Waals surface area contributed by atoms with Gasteiger partial charge in [-0.05, 0) is 60.8 Å². The lowest BCUT2D eigenvalue weighted by molar-refractivity contribution is 0.483. The van der Waals surface area contributed by atoms with Gasteiger partial charge in [-0.1, -0.05) is 68.5 Å². The molecule has 0 saturated heterocycles. The van der Waals surface area contributed by atoms with E-state index in [0.717, 1.165) is 31.2 Å². The quantitative estimate of drug-likeness (QED) is 0.436. The number of rotatable bonds is 9. The molecular weight excluding hydrogens is 344 g/mol. The minimum absolute atomic E-state index is 0.0557. The molecule has 0 aliphatic heterocycles. The van der Waals surface area contributed by atoms with Crippen molar-refractivity contribution in [3.05, 3.63) is 77.9 Å². The SMILES string of the molecule is CCC(CC=CCCC(C)c1ccc(S(=O)(=O)O)cc1)c1ccccc1. The summed E-state index contributed by atoms with van der Waals surface area (Å²) in [5.41, 5.74) is 2.48. The van der Waals surface area contributed by atoms with Gasteiger partial charge in [-0.25, -0.2) is 0 Å². The maximum atomic E-state index is 11.1. The Balaban J connectivity index is 1.82. The van der Waals surface area contributed by atoms with Gasteiger partial charge in [-0.2, -0.15) is 8.42 Å². The predicted molar refractivity (Wildman–Crippen MR) is 107 cm³/mol. The topological polar surface area (TPSA) is 54.4 Å². The average molecular weight is 373 g/mol. The van der Waals surface area contributed by atoms with Crippen molar-refractivity contribution < 1.29 is 13.0 Å². The van der Waals surface area contributed by atoms with Crippen LogP contribution in [0.25, 0.3) is 0 Å². The summed E-state index contributed by atoms with van der Waals surface area (Å²) < 4.78 is 31.2. The zero-order chi connectivity index (χ0) is 19.0. The molecule has 2 rings (SSSR count). The Labute approximate surface area is 157 Å². The van der Waals surface area contributed by atoms with E-state index in [-0.39, 0.29) is 4.90 Å². The van der Waals surface area contributed by atoms with Gasteiger partial charge >= 0.3 is 0 Å². The Morgan fingerprint density at radius 1 is 0.962 bits per heavy atom. The first-order chi connectivity index (χ1) is 12.4. The number of benzene rings is 2. The molecule has 4 heteroatoms. The van der Waals surface area contributed by atoms with Crippen molar-refractivity contribution in [3.8, 4) is 0 Å². The molecule has 0 bridgehead atoms. The summed E-state index contributed by atoms with van der Waals surface area (Å²) in [5.74, 6) is 0.907. The molecule has 0 saturated carbocycles. The van der Waals surface area contributed by atoms with Crippen LogP contribution in [0.3, 0.4) is 0 Å². The summed E-state index contributed by atoms with van der Waals surface area (Å²) in [6, 6.07) is 17.1. The summed E-state index contributed by atoms with van der Waals surface area (Å²) in [4.78, 5) is -0.0557. The number of allylic oxidation sites excluding steroid dienone is 2. The third-order valence-electron chi connectivity index (χ3n) is 4.86. The molecule has 2 aromatic rings. The largest absolute Gasteiger partial charge is 0.294 e. The molecular formula is C22H28O3S. The number of hydrogen-bond donors (Lipinski definition) is 1. The van der Waals surface area contributed by atoms with Crippen molar-refractivity contribution in [3.63, 3.8) is 0 Å². The average Bonchev–Trinajstić information content (AvgIpc) is 2.64. The lowest BCUT2D eigenvalue weighted by atomic mass is 9.92. The fourth-order valence-corrected chi connectivity index (χ4v) is 3.60. The van der Waals surface area contributed by atoms with Crippen molar-refractivity contribution >= 4 is 10.1 Å². The smallest absolute Gasteiger partial charge is 0.282 e. The van der Waals surface area contributed by atoms with E-state index in [9.17, 15) is 8.42 Å². The molecule has 140 valence electrons. The fraction of sp³-hybridized carbons (Fsp3) is 0.364. The van der Waals surface area contributed by atoms with Crippen LogP contribution < -0.4 is 0 Å². The van der Waals surface area contributed by atoms with E-state index in [1.54, 1.807) is 12.1 Å². The van der Waals surface area contributed by atoms with Crippen LogP contribution in [0.5, 0.6) is 0 Å². The third-order valence-corrected chi connectivity index (χ3v) is 5.73. The van der Waals surface area contributed by atoms with Crippen LogP contribution in [0.15, 0.2) is 71.6 Å². The van der Waals surface area contributed by atoms with E-state index < -0.39 is 10.1 Å². The molecule has 0 fully saturated rings. The van der Waals surface area contributed by atoms with Gasteiger partial charge in [0.25, 0.3) is 10.1 Å². The van der Waals surface area contributed by atoms with Crippen molar-refractivity contribution in [1.29, 1.82) is 0 Å². The van der Waals surface area contributed by atoms with Crippen molar-refractivity contribution in [2.75, 3.05) is 0 Å². The summed E-state index contributed by atoms with van der Waals surface area (Å²) in [6.07, 6.45) is 8.70. The number of hydrogen-bond acceptors (Lipinski definition) is 2. The Kier molecular flexibility index (Phi) is 7.61. The van der Waals surface area contributed by atoms with Crippen LogP contribution in [0.1, 0.15) is 62.5 Å². The summed E-state index contributed by atoms with van der Waals surface area (Å²) in [5, 5.41) is 0. The van der Waals surface area contributed by atoms with Crippen LogP contribution in [0.2, 0.25) is 0 Å². The molecule has 2 unspecified atom stereocenters. The van der Waals surface area contributed by atoms with Crippen LogP contribution in [-0.4, -0.2) is 13.0 Å². The minimum atomic E-state index is -4.11. The van der Waals surface area contributed by atoms with E-state index in [1.165, 1.54) is 17.7 Å². The van der Waals surface area contributed by atoms with E-state index in [2.05, 4.69) is 56.3 Å². The van der Waals surface area contributed by atoms with Gasteiger partial charge in [0.05, 0.1) is 4.90 Å². The summed E-state index contributed by atoms with van der Waals surface area (Å²) in [6.45, 7) is 4.36. The standard InChI is InChI=1S/C22H28O3S/c1-3-19(21-12-8-5-9-13-21)11-7-4-6-10-18(2)20-14-16-22(17-15-20)26(23,24)25/h4-5,7-9,12-19H,3,6,10-11H2,1-2H3,(H,23,24,25). The highest BCUT2D eigenvalue weighted by atomic mass is 32.2. The van der Waals surface area contributed by atoms with Gasteiger partial charge in [0.2, 0.25) is 0 Å². The van der Waals surface area contributed by atoms with Crippen molar-refractivity contribution in [1.82, 2.24) is 0 Å². The Hall–Kier alpha value is -1.91. The first-order valence-corrected chi connectivity index (χ1v) is 10.6. The third kappa shape index (κ3) is 6.11. The lowest BCUT2D eigenvalue weighted by Gasteiger charge is -2.13. The van der Waals surface area contributed by atoms with Crippen LogP contribution in [0.4, 0.5) is 0 Å². The molecule has 26 heavy (non-hydrogen) atoms.